The van der Waals surface area contributed by atoms with Crippen LogP contribution in [0.15, 0.2) is 85.1 Å². The summed E-state index contributed by atoms with van der Waals surface area (Å²) in [5, 5.41) is 10.1. The number of hydrogen-bond acceptors (Lipinski definition) is 4. The van der Waals surface area contributed by atoms with Crippen LogP contribution in [-0.4, -0.2) is 32.9 Å². The topological polar surface area (TPSA) is 96.9 Å². The molecule has 176 valence electrons. The van der Waals surface area contributed by atoms with Gasteiger partial charge in [0.05, 0.1) is 36.1 Å². The first-order chi connectivity index (χ1) is 17.1. The second-order valence-electron chi connectivity index (χ2n) is 7.95. The van der Waals surface area contributed by atoms with Crippen molar-refractivity contribution in [2.45, 2.75) is 12.5 Å². The Morgan fingerprint density at radius 1 is 1.06 bits per heavy atom. The fourth-order valence-electron chi connectivity index (χ4n) is 3.85. The van der Waals surface area contributed by atoms with E-state index < -0.39 is 12.1 Å². The average Bonchev–Trinajstić information content (AvgIpc) is 3.51. The maximum Gasteiger partial charge on any atom is 0.321 e. The number of para-hydroxylation sites is 2. The number of H-pyrrole nitrogens is 1. The lowest BCUT2D eigenvalue weighted by atomic mass is 10.1. The molecule has 0 aliphatic carbocycles. The number of urea groups is 1. The van der Waals surface area contributed by atoms with Gasteiger partial charge >= 0.3 is 6.03 Å². The summed E-state index contributed by atoms with van der Waals surface area (Å²) in [5.41, 5.74) is 3.34. The van der Waals surface area contributed by atoms with Gasteiger partial charge in [-0.2, -0.15) is 5.10 Å². The highest BCUT2D eigenvalue weighted by Gasteiger charge is 2.20. The highest BCUT2D eigenvalue weighted by molar-refractivity contribution is 5.89. The molecule has 8 nitrogen and oxygen atoms in total. The van der Waals surface area contributed by atoms with E-state index in [2.05, 4.69) is 20.7 Å². The molecule has 0 saturated carbocycles. The Kier molecular flexibility index (Phi) is 6.13. The summed E-state index contributed by atoms with van der Waals surface area (Å²) in [6.45, 7) is 0. The molecule has 1 unspecified atom stereocenters. The van der Waals surface area contributed by atoms with E-state index in [0.717, 1.165) is 22.3 Å². The van der Waals surface area contributed by atoms with Crippen molar-refractivity contribution in [2.75, 3.05) is 12.4 Å². The number of ether oxygens (including phenoxy) is 1. The van der Waals surface area contributed by atoms with Gasteiger partial charge in [-0.1, -0.05) is 24.3 Å². The number of carbonyl (C=O) groups is 1. The number of nitrogens with zero attached hydrogens (tertiary/aromatic N) is 3. The molecule has 0 saturated heterocycles. The number of anilines is 1. The van der Waals surface area contributed by atoms with Gasteiger partial charge in [0.1, 0.15) is 23.2 Å². The number of amides is 2. The molecule has 3 N–H and O–H groups in total. The molecule has 0 aliphatic rings. The average molecular weight is 471 g/mol. The molecule has 35 heavy (non-hydrogen) atoms. The van der Waals surface area contributed by atoms with E-state index in [1.807, 2.05) is 48.5 Å². The Balaban J connectivity index is 1.38. The SMILES string of the molecule is COc1ccc(CC(NC(=O)Nc2ccnn2-c2ccc(F)cc2)c2nc3ccccc3[nH]2)cc1. The summed E-state index contributed by atoms with van der Waals surface area (Å²) < 4.78 is 20.1. The number of rotatable bonds is 7. The highest BCUT2D eigenvalue weighted by Crippen LogP contribution is 2.22. The number of imidazole rings is 1. The van der Waals surface area contributed by atoms with E-state index in [0.29, 0.717) is 23.8 Å². The summed E-state index contributed by atoms with van der Waals surface area (Å²) in [6.07, 6.45) is 2.07. The predicted molar refractivity (Wildman–Crippen MR) is 131 cm³/mol. The van der Waals surface area contributed by atoms with Crippen LogP contribution in [0.3, 0.4) is 0 Å². The van der Waals surface area contributed by atoms with Gasteiger partial charge < -0.3 is 15.0 Å². The minimum absolute atomic E-state index is 0.347. The summed E-state index contributed by atoms with van der Waals surface area (Å²) in [5.74, 6) is 1.50. The molecule has 2 heterocycles. The van der Waals surface area contributed by atoms with E-state index in [1.54, 1.807) is 31.5 Å². The number of aromatic amines is 1. The molecule has 0 radical (unpaired) electrons. The van der Waals surface area contributed by atoms with E-state index >= 15 is 0 Å². The van der Waals surface area contributed by atoms with Crippen LogP contribution in [0.4, 0.5) is 15.0 Å². The van der Waals surface area contributed by atoms with E-state index in [-0.39, 0.29) is 5.82 Å². The number of benzene rings is 3. The minimum Gasteiger partial charge on any atom is -0.497 e. The van der Waals surface area contributed by atoms with Gasteiger partial charge in [0.2, 0.25) is 0 Å². The normalized spacial score (nSPS) is 11.8. The summed E-state index contributed by atoms with van der Waals surface area (Å²) in [6, 6.07) is 22.1. The predicted octanol–water partition coefficient (Wildman–Crippen LogP) is 5.00. The fraction of sp³-hybridized carbons (Fsp3) is 0.115. The van der Waals surface area contributed by atoms with Crippen LogP contribution in [0.5, 0.6) is 5.75 Å². The standard InChI is InChI=1S/C26H23FN6O2/c1-35-20-12-6-17(7-13-20)16-23(25-29-21-4-2-3-5-22(21)30-25)31-26(34)32-24-14-15-28-33(24)19-10-8-18(27)9-11-19/h2-15,23H,16H2,1H3,(H,29,30)(H2,31,32,34). The first-order valence-electron chi connectivity index (χ1n) is 11.0. The van der Waals surface area contributed by atoms with Crippen LogP contribution in [0.1, 0.15) is 17.4 Å². The zero-order valence-corrected chi connectivity index (χ0v) is 18.9. The van der Waals surface area contributed by atoms with Gasteiger partial charge in [0.15, 0.2) is 0 Å². The van der Waals surface area contributed by atoms with Crippen LogP contribution < -0.4 is 15.4 Å². The van der Waals surface area contributed by atoms with Gasteiger partial charge in [0, 0.05) is 6.07 Å². The monoisotopic (exact) mass is 470 g/mol. The number of carbonyl (C=O) groups excluding carboxylic acids is 1. The summed E-state index contributed by atoms with van der Waals surface area (Å²) in [4.78, 5) is 21.1. The van der Waals surface area contributed by atoms with Crippen molar-refractivity contribution >= 4 is 22.9 Å². The molecule has 3 aromatic carbocycles. The lowest BCUT2D eigenvalue weighted by molar-refractivity contribution is 0.248. The molecule has 5 aromatic rings. The first kappa shape index (κ1) is 22.1. The third kappa shape index (κ3) is 4.98. The molecule has 9 heteroatoms. The van der Waals surface area contributed by atoms with Crippen molar-refractivity contribution in [1.82, 2.24) is 25.1 Å². The Hall–Kier alpha value is -4.66. The largest absolute Gasteiger partial charge is 0.497 e. The number of nitrogens with one attached hydrogen (secondary N) is 3. The van der Waals surface area contributed by atoms with Crippen LogP contribution in [0.25, 0.3) is 16.7 Å². The number of fused-ring (bicyclic) bond motifs is 1. The lowest BCUT2D eigenvalue weighted by Gasteiger charge is -2.18. The third-order valence-corrected chi connectivity index (χ3v) is 5.60. The Morgan fingerprint density at radius 3 is 2.57 bits per heavy atom. The molecule has 1 atom stereocenters. The highest BCUT2D eigenvalue weighted by atomic mass is 19.1. The molecule has 2 amide bonds. The molecular formula is C26H23FN6O2. The van der Waals surface area contributed by atoms with Crippen molar-refractivity contribution in [1.29, 1.82) is 0 Å². The van der Waals surface area contributed by atoms with Gasteiger partial charge in [0.25, 0.3) is 0 Å². The van der Waals surface area contributed by atoms with Gasteiger partial charge in [-0.15, -0.1) is 0 Å². The first-order valence-corrected chi connectivity index (χ1v) is 11.0. The Morgan fingerprint density at radius 2 is 1.83 bits per heavy atom. The molecule has 0 bridgehead atoms. The van der Waals surface area contributed by atoms with Crippen LogP contribution in [0, 0.1) is 5.82 Å². The summed E-state index contributed by atoms with van der Waals surface area (Å²) >= 11 is 0. The van der Waals surface area contributed by atoms with Gasteiger partial charge in [-0.25, -0.2) is 18.9 Å². The third-order valence-electron chi connectivity index (χ3n) is 5.60. The van der Waals surface area contributed by atoms with Crippen molar-refractivity contribution in [3.8, 4) is 11.4 Å². The second-order valence-corrected chi connectivity index (χ2v) is 7.95. The van der Waals surface area contributed by atoms with Crippen molar-refractivity contribution in [2.24, 2.45) is 0 Å². The van der Waals surface area contributed by atoms with Crippen molar-refractivity contribution in [3.05, 3.63) is 102 Å². The van der Waals surface area contributed by atoms with Gasteiger partial charge in [-0.05, 0) is 60.5 Å². The minimum atomic E-state index is -0.432. The van der Waals surface area contributed by atoms with E-state index in [4.69, 9.17) is 9.72 Å². The zero-order valence-electron chi connectivity index (χ0n) is 18.9. The Labute approximate surface area is 200 Å². The van der Waals surface area contributed by atoms with E-state index in [9.17, 15) is 9.18 Å². The number of halogens is 1. The van der Waals surface area contributed by atoms with E-state index in [1.165, 1.54) is 16.8 Å². The zero-order chi connectivity index (χ0) is 24.2. The second kappa shape index (κ2) is 9.68. The molecule has 0 aliphatic heterocycles. The molecular weight excluding hydrogens is 447 g/mol. The number of aromatic nitrogens is 4. The van der Waals surface area contributed by atoms with Gasteiger partial charge in [-0.3, -0.25) is 5.32 Å². The lowest BCUT2D eigenvalue weighted by Crippen LogP contribution is -2.34. The maximum atomic E-state index is 13.3. The Bertz CT molecular complexity index is 1410. The molecule has 2 aromatic heterocycles. The fourth-order valence-corrected chi connectivity index (χ4v) is 3.85. The summed E-state index contributed by atoms with van der Waals surface area (Å²) in [7, 11) is 1.62. The quantitative estimate of drug-likeness (QED) is 0.312. The van der Waals surface area contributed by atoms with Crippen LogP contribution in [0.2, 0.25) is 0 Å². The van der Waals surface area contributed by atoms with Crippen molar-refractivity contribution in [3.63, 3.8) is 0 Å². The van der Waals surface area contributed by atoms with Crippen LogP contribution >= 0.6 is 0 Å². The maximum absolute atomic E-state index is 13.3. The van der Waals surface area contributed by atoms with Crippen LogP contribution in [-0.2, 0) is 6.42 Å². The number of hydrogen-bond donors (Lipinski definition) is 3. The number of methoxy groups -OCH3 is 1. The molecule has 0 spiro atoms. The van der Waals surface area contributed by atoms with Crippen molar-refractivity contribution < 1.29 is 13.9 Å². The molecule has 5 rings (SSSR count). The molecule has 0 fully saturated rings. The smallest absolute Gasteiger partial charge is 0.321 e.